The number of nitrogens with zero attached hydrogens (tertiary/aromatic N) is 1. The lowest BCUT2D eigenvalue weighted by atomic mass is 10.0. The normalized spacial score (nSPS) is 9.56. The number of hydrogen-bond donors (Lipinski definition) is 3. The zero-order chi connectivity index (χ0) is 19.7. The molecule has 25 heavy (non-hydrogen) atoms. The quantitative estimate of drug-likeness (QED) is 0.494. The van der Waals surface area contributed by atoms with E-state index in [1.54, 1.807) is 0 Å². The van der Waals surface area contributed by atoms with Crippen LogP contribution in [-0.4, -0.2) is 29.7 Å². The third-order valence-electron chi connectivity index (χ3n) is 3.69. The van der Waals surface area contributed by atoms with Gasteiger partial charge >= 0.3 is 0 Å². The maximum Gasteiger partial charge on any atom is 0.188 e. The summed E-state index contributed by atoms with van der Waals surface area (Å²) in [6.45, 7) is 12.0. The molecular formula is C20H39N2O3+. The first-order chi connectivity index (χ1) is 12.0. The van der Waals surface area contributed by atoms with Crippen molar-refractivity contribution in [1.82, 2.24) is 0 Å². The molecule has 0 aliphatic heterocycles. The van der Waals surface area contributed by atoms with Crippen LogP contribution in [0.2, 0.25) is 0 Å². The first-order valence-electron chi connectivity index (χ1n) is 9.52. The minimum atomic E-state index is 0.0972. The van der Waals surface area contributed by atoms with Crippen LogP contribution in [0, 0.1) is 0 Å². The number of nitrogens with two attached hydrogens (primary N) is 1. The maximum atomic E-state index is 10.2. The molecule has 0 unspecified atom stereocenters. The Bertz CT molecular complexity index is 461. The highest BCUT2D eigenvalue weighted by Crippen LogP contribution is 2.25. The summed E-state index contributed by atoms with van der Waals surface area (Å²) in [7, 11) is 0. The molecule has 0 aromatic carbocycles. The first kappa shape index (κ1) is 25.8. The molecule has 0 spiro atoms. The Morgan fingerprint density at radius 2 is 1.72 bits per heavy atom. The molecule has 0 atom stereocenters. The van der Waals surface area contributed by atoms with Gasteiger partial charge in [0.1, 0.15) is 18.6 Å². The summed E-state index contributed by atoms with van der Waals surface area (Å²) < 4.78 is 2.29. The van der Waals surface area contributed by atoms with Crippen LogP contribution in [0.5, 0.6) is 5.75 Å². The zero-order valence-corrected chi connectivity index (χ0v) is 16.8. The summed E-state index contributed by atoms with van der Waals surface area (Å²) in [6.07, 6.45) is 8.70. The Morgan fingerprint density at radius 3 is 2.00 bits per heavy atom. The van der Waals surface area contributed by atoms with E-state index in [-0.39, 0.29) is 6.61 Å². The van der Waals surface area contributed by atoms with Gasteiger partial charge in [-0.3, -0.25) is 0 Å². The van der Waals surface area contributed by atoms with Crippen molar-refractivity contribution in [3.05, 3.63) is 23.0 Å². The molecule has 0 saturated heterocycles. The van der Waals surface area contributed by atoms with E-state index in [9.17, 15) is 9.90 Å². The predicted molar refractivity (Wildman–Crippen MR) is 104 cm³/mol. The van der Waals surface area contributed by atoms with Crippen LogP contribution in [0.4, 0.5) is 0 Å². The van der Waals surface area contributed by atoms with Crippen molar-refractivity contribution < 1.29 is 19.6 Å². The number of aromatic hydroxyl groups is 1. The van der Waals surface area contributed by atoms with Crippen molar-refractivity contribution in [3.8, 4) is 5.75 Å². The number of hydrogen-bond acceptors (Lipinski definition) is 4. The fourth-order valence-corrected chi connectivity index (χ4v) is 2.39. The molecule has 5 heteroatoms. The summed E-state index contributed by atoms with van der Waals surface area (Å²) in [5, 5.41) is 18.0. The highest BCUT2D eigenvalue weighted by molar-refractivity contribution is 5.48. The molecule has 4 N–H and O–H groups in total. The molecule has 0 aliphatic carbocycles. The van der Waals surface area contributed by atoms with Crippen molar-refractivity contribution in [3.63, 3.8) is 0 Å². The van der Waals surface area contributed by atoms with Crippen LogP contribution in [0.25, 0.3) is 0 Å². The number of aldehydes is 1. The molecule has 1 aromatic heterocycles. The second kappa shape index (κ2) is 17.4. The predicted octanol–water partition coefficient (Wildman–Crippen LogP) is 2.70. The van der Waals surface area contributed by atoms with Crippen LogP contribution in [0.3, 0.4) is 0 Å². The molecule has 1 rings (SSSR count). The van der Waals surface area contributed by atoms with Gasteiger partial charge in [0, 0.05) is 19.4 Å². The Balaban J connectivity index is 0. The number of pyridine rings is 1. The fraction of sp³-hybridized carbons (Fsp3) is 0.700. The SMILES string of the molecule is CCCC=O.CCCc1c(CC)c(O)c(CC)c[n+]1CC.NCCO. The van der Waals surface area contributed by atoms with E-state index in [0.717, 1.165) is 56.1 Å². The van der Waals surface area contributed by atoms with Crippen molar-refractivity contribution in [2.45, 2.75) is 79.7 Å². The third kappa shape index (κ3) is 10.2. The Kier molecular flexibility index (Phi) is 17.9. The van der Waals surface area contributed by atoms with E-state index in [1.165, 1.54) is 5.69 Å². The van der Waals surface area contributed by atoms with Gasteiger partial charge in [0.25, 0.3) is 0 Å². The average molecular weight is 356 g/mol. The van der Waals surface area contributed by atoms with Crippen molar-refractivity contribution in [1.29, 1.82) is 0 Å². The van der Waals surface area contributed by atoms with Crippen LogP contribution >= 0.6 is 0 Å². The Labute approximate surface area is 153 Å². The Morgan fingerprint density at radius 1 is 1.12 bits per heavy atom. The summed E-state index contributed by atoms with van der Waals surface area (Å²) in [5.74, 6) is 0.526. The minimum absolute atomic E-state index is 0.0972. The molecule has 0 bridgehead atoms. The number of carbonyl (C=O) groups excluding carboxylic acids is 1. The number of aliphatic hydroxyl groups is 1. The smallest absolute Gasteiger partial charge is 0.188 e. The van der Waals surface area contributed by atoms with Gasteiger partial charge in [-0.05, 0) is 32.6 Å². The number of rotatable bonds is 8. The van der Waals surface area contributed by atoms with Gasteiger partial charge in [-0.25, -0.2) is 4.57 Å². The van der Waals surface area contributed by atoms with Gasteiger partial charge in [0.2, 0.25) is 0 Å². The number of aliphatic hydroxyl groups excluding tert-OH is 1. The number of aromatic nitrogens is 1. The van der Waals surface area contributed by atoms with Crippen molar-refractivity contribution >= 4 is 6.29 Å². The Hall–Kier alpha value is -1.46. The maximum absolute atomic E-state index is 10.2. The molecule has 0 amide bonds. The topological polar surface area (TPSA) is 87.4 Å². The number of aryl methyl sites for hydroxylation is 2. The van der Waals surface area contributed by atoms with Gasteiger partial charge in [-0.15, -0.1) is 0 Å². The highest BCUT2D eigenvalue weighted by Gasteiger charge is 2.20. The first-order valence-corrected chi connectivity index (χ1v) is 9.52. The zero-order valence-electron chi connectivity index (χ0n) is 16.8. The summed E-state index contributed by atoms with van der Waals surface area (Å²) in [5.41, 5.74) is 8.30. The molecule has 1 aromatic rings. The molecule has 5 nitrogen and oxygen atoms in total. The van der Waals surface area contributed by atoms with Crippen molar-refractivity contribution in [2.24, 2.45) is 5.73 Å². The molecule has 0 aliphatic rings. The van der Waals surface area contributed by atoms with E-state index in [2.05, 4.69) is 38.5 Å². The lowest BCUT2D eigenvalue weighted by Gasteiger charge is -2.11. The molecule has 0 radical (unpaired) electrons. The molecule has 1 heterocycles. The fourth-order valence-electron chi connectivity index (χ4n) is 2.39. The lowest BCUT2D eigenvalue weighted by molar-refractivity contribution is -0.701. The molecular weight excluding hydrogens is 316 g/mol. The monoisotopic (exact) mass is 355 g/mol. The van der Waals surface area contributed by atoms with E-state index >= 15 is 0 Å². The van der Waals surface area contributed by atoms with Crippen LogP contribution < -0.4 is 10.3 Å². The molecule has 146 valence electrons. The third-order valence-corrected chi connectivity index (χ3v) is 3.69. The number of unbranched alkanes of at least 4 members (excludes halogenated alkanes) is 1. The summed E-state index contributed by atoms with van der Waals surface area (Å²) in [4.78, 5) is 9.40. The van der Waals surface area contributed by atoms with Crippen LogP contribution in [0.1, 0.15) is 70.7 Å². The van der Waals surface area contributed by atoms with Gasteiger partial charge in [-0.2, -0.15) is 0 Å². The van der Waals surface area contributed by atoms with Crippen molar-refractivity contribution in [2.75, 3.05) is 13.2 Å². The summed E-state index contributed by atoms with van der Waals surface area (Å²) in [6, 6.07) is 0. The number of carbonyl (C=O) groups is 1. The summed E-state index contributed by atoms with van der Waals surface area (Å²) >= 11 is 0. The van der Waals surface area contributed by atoms with Crippen LogP contribution in [-0.2, 0) is 30.6 Å². The lowest BCUT2D eigenvalue weighted by Crippen LogP contribution is -2.39. The van der Waals surface area contributed by atoms with Crippen LogP contribution in [0.15, 0.2) is 6.20 Å². The van der Waals surface area contributed by atoms with Gasteiger partial charge < -0.3 is 20.7 Å². The van der Waals surface area contributed by atoms with Gasteiger partial charge in [-0.1, -0.05) is 27.7 Å². The second-order valence-corrected chi connectivity index (χ2v) is 5.64. The minimum Gasteiger partial charge on any atom is -0.507 e. The van der Waals surface area contributed by atoms with E-state index in [1.807, 2.05) is 6.92 Å². The molecule has 0 fully saturated rings. The standard InChI is InChI=1S/C14H23NO.C4H8O.C2H7NO/c1-5-9-13-12(7-3)14(16)11(6-2)10-15(13)8-4;1-2-3-4-5;3-1-2-4/h10H,5-9H2,1-4H3;4H,2-3H2,1H3;4H,1-3H2/p+1. The molecule has 0 saturated carbocycles. The van der Waals surface area contributed by atoms with Gasteiger partial charge in [0.05, 0.1) is 17.7 Å². The average Bonchev–Trinajstić information content (AvgIpc) is 2.64. The largest absolute Gasteiger partial charge is 0.507 e. The second-order valence-electron chi connectivity index (χ2n) is 5.64. The van der Waals surface area contributed by atoms with E-state index in [0.29, 0.717) is 18.7 Å². The highest BCUT2D eigenvalue weighted by atomic mass is 16.3. The van der Waals surface area contributed by atoms with E-state index < -0.39 is 0 Å². The van der Waals surface area contributed by atoms with E-state index in [4.69, 9.17) is 10.8 Å². The van der Waals surface area contributed by atoms with Gasteiger partial charge in [0.15, 0.2) is 11.9 Å².